The fourth-order valence-corrected chi connectivity index (χ4v) is 3.87. The van der Waals surface area contributed by atoms with E-state index in [1.165, 1.54) is 11.1 Å². The molecule has 1 saturated heterocycles. The van der Waals surface area contributed by atoms with Crippen LogP contribution >= 0.6 is 0 Å². The van der Waals surface area contributed by atoms with Crippen LogP contribution in [0.5, 0.6) is 0 Å². The van der Waals surface area contributed by atoms with Gasteiger partial charge in [0.1, 0.15) is 0 Å². The molecular weight excluding hydrogens is 284 g/mol. The van der Waals surface area contributed by atoms with Crippen LogP contribution in [0.1, 0.15) is 43.0 Å². The molecule has 1 N–H and O–H groups in total. The van der Waals surface area contributed by atoms with Gasteiger partial charge in [0.2, 0.25) is 0 Å². The van der Waals surface area contributed by atoms with E-state index in [0.29, 0.717) is 0 Å². The van der Waals surface area contributed by atoms with Crippen molar-refractivity contribution < 1.29 is 5.21 Å². The zero-order chi connectivity index (χ0) is 16.2. The van der Waals surface area contributed by atoms with E-state index in [4.69, 9.17) is 0 Å². The molecule has 1 aliphatic heterocycles. The van der Waals surface area contributed by atoms with Crippen LogP contribution in [0.3, 0.4) is 0 Å². The van der Waals surface area contributed by atoms with Gasteiger partial charge in [0, 0.05) is 24.4 Å². The molecule has 0 aliphatic carbocycles. The number of likely N-dealkylation sites (tertiary alicyclic amines) is 1. The molecule has 3 atom stereocenters. The van der Waals surface area contributed by atoms with Gasteiger partial charge in [-0.15, -0.1) is 0 Å². The van der Waals surface area contributed by atoms with E-state index in [2.05, 4.69) is 72.6 Å². The summed E-state index contributed by atoms with van der Waals surface area (Å²) < 4.78 is 0. The molecule has 23 heavy (non-hydrogen) atoms. The van der Waals surface area contributed by atoms with Crippen molar-refractivity contribution in [1.82, 2.24) is 4.90 Å². The van der Waals surface area contributed by atoms with Crippen LogP contribution in [0.15, 0.2) is 65.8 Å². The van der Waals surface area contributed by atoms with E-state index in [1.807, 2.05) is 12.1 Å². The molecule has 0 radical (unpaired) electrons. The quantitative estimate of drug-likeness (QED) is 0.661. The van der Waals surface area contributed by atoms with Crippen molar-refractivity contribution in [1.29, 1.82) is 0 Å². The minimum Gasteiger partial charge on any atom is -0.411 e. The highest BCUT2D eigenvalue weighted by molar-refractivity contribution is 5.88. The van der Waals surface area contributed by atoms with Crippen molar-refractivity contribution in [2.75, 3.05) is 7.05 Å². The highest BCUT2D eigenvalue weighted by Gasteiger charge is 2.39. The van der Waals surface area contributed by atoms with Crippen molar-refractivity contribution in [3.63, 3.8) is 0 Å². The summed E-state index contributed by atoms with van der Waals surface area (Å²) in [7, 11) is 2.19. The van der Waals surface area contributed by atoms with Gasteiger partial charge >= 0.3 is 0 Å². The zero-order valence-electron chi connectivity index (χ0n) is 13.8. The summed E-state index contributed by atoms with van der Waals surface area (Å²) >= 11 is 0. The van der Waals surface area contributed by atoms with Crippen molar-refractivity contribution in [3.8, 4) is 0 Å². The zero-order valence-corrected chi connectivity index (χ0v) is 13.8. The third-order valence-corrected chi connectivity index (χ3v) is 5.04. The molecule has 0 bridgehead atoms. The number of nitrogens with zero attached hydrogens (tertiary/aromatic N) is 2. The molecule has 3 rings (SSSR count). The normalized spacial score (nSPS) is 27.2. The van der Waals surface area contributed by atoms with E-state index in [9.17, 15) is 5.21 Å². The van der Waals surface area contributed by atoms with Gasteiger partial charge in [-0.1, -0.05) is 72.7 Å². The van der Waals surface area contributed by atoms with Crippen molar-refractivity contribution in [2.45, 2.75) is 31.8 Å². The van der Waals surface area contributed by atoms with Crippen LogP contribution in [0.25, 0.3) is 0 Å². The highest BCUT2D eigenvalue weighted by atomic mass is 16.4. The Morgan fingerprint density at radius 3 is 2.09 bits per heavy atom. The maximum absolute atomic E-state index is 9.58. The fourth-order valence-electron chi connectivity index (χ4n) is 3.87. The molecule has 2 aromatic carbocycles. The predicted octanol–water partition coefficient (Wildman–Crippen LogP) is 4.66. The molecule has 0 spiro atoms. The molecule has 0 saturated carbocycles. The van der Waals surface area contributed by atoms with Gasteiger partial charge in [-0.25, -0.2) is 0 Å². The maximum Gasteiger partial charge on any atom is 0.0639 e. The van der Waals surface area contributed by atoms with Crippen LogP contribution < -0.4 is 0 Å². The fraction of sp³-hybridized carbons (Fsp3) is 0.350. The Morgan fingerprint density at radius 2 is 1.57 bits per heavy atom. The van der Waals surface area contributed by atoms with Crippen LogP contribution in [-0.4, -0.2) is 22.9 Å². The lowest BCUT2D eigenvalue weighted by molar-refractivity contribution is 0.120. The number of oxime groups is 1. The molecule has 0 amide bonds. The minimum atomic E-state index is 0.228. The van der Waals surface area contributed by atoms with Gasteiger partial charge in [0.05, 0.1) is 5.71 Å². The van der Waals surface area contributed by atoms with E-state index < -0.39 is 0 Å². The lowest BCUT2D eigenvalue weighted by Crippen LogP contribution is -2.43. The third-order valence-electron chi connectivity index (χ3n) is 5.04. The van der Waals surface area contributed by atoms with Crippen molar-refractivity contribution in [3.05, 3.63) is 71.8 Å². The average Bonchev–Trinajstić information content (AvgIpc) is 2.62. The van der Waals surface area contributed by atoms with Crippen molar-refractivity contribution >= 4 is 5.71 Å². The average molecular weight is 308 g/mol. The van der Waals surface area contributed by atoms with E-state index >= 15 is 0 Å². The van der Waals surface area contributed by atoms with Gasteiger partial charge in [0.25, 0.3) is 0 Å². The maximum atomic E-state index is 9.58. The molecule has 3 heteroatoms. The number of rotatable bonds is 3. The molecule has 1 heterocycles. The Hall–Kier alpha value is -2.13. The standard InChI is InChI=1S/C20H24N2O/c1-3-17-18(21-23)14-19(15-10-6-4-7-11-15)22(2)20(17)16-12-8-5-9-13-16/h4-13,17,19-20,23H,3,14H2,1-2H3/b21-18+/t17-,19+,20+/m0/s1. The Morgan fingerprint density at radius 1 is 1.00 bits per heavy atom. The highest BCUT2D eigenvalue weighted by Crippen LogP contribution is 2.43. The summed E-state index contributed by atoms with van der Waals surface area (Å²) in [6, 6.07) is 21.5. The Kier molecular flexibility index (Phi) is 4.77. The molecule has 1 fully saturated rings. The largest absolute Gasteiger partial charge is 0.411 e. The van der Waals surface area contributed by atoms with Gasteiger partial charge in [-0.3, -0.25) is 4.90 Å². The number of hydrogen-bond acceptors (Lipinski definition) is 3. The Balaban J connectivity index is 2.03. The van der Waals surface area contributed by atoms with Crippen LogP contribution in [0.4, 0.5) is 0 Å². The van der Waals surface area contributed by atoms with Gasteiger partial charge in [-0.05, 0) is 24.6 Å². The topological polar surface area (TPSA) is 35.8 Å². The first-order valence-electron chi connectivity index (χ1n) is 8.29. The molecule has 2 aromatic rings. The summed E-state index contributed by atoms with van der Waals surface area (Å²) in [5.74, 6) is 0.243. The van der Waals surface area contributed by atoms with Gasteiger partial charge in [0.15, 0.2) is 0 Å². The first-order valence-corrected chi connectivity index (χ1v) is 8.29. The molecular formula is C20H24N2O. The third kappa shape index (κ3) is 3.02. The van der Waals surface area contributed by atoms with E-state index in [-0.39, 0.29) is 18.0 Å². The Bertz CT molecular complexity index is 654. The molecule has 1 aliphatic rings. The summed E-state index contributed by atoms with van der Waals surface area (Å²) in [6.45, 7) is 2.17. The number of piperidine rings is 1. The first kappa shape index (κ1) is 15.8. The van der Waals surface area contributed by atoms with Crippen LogP contribution in [0.2, 0.25) is 0 Å². The van der Waals surface area contributed by atoms with Gasteiger partial charge in [-0.2, -0.15) is 0 Å². The summed E-state index contributed by atoms with van der Waals surface area (Å²) in [5.41, 5.74) is 3.46. The Labute approximate surface area is 138 Å². The van der Waals surface area contributed by atoms with Crippen LogP contribution in [-0.2, 0) is 0 Å². The second kappa shape index (κ2) is 6.97. The van der Waals surface area contributed by atoms with E-state index in [0.717, 1.165) is 18.6 Å². The molecule has 3 nitrogen and oxygen atoms in total. The number of hydrogen-bond donors (Lipinski definition) is 1. The van der Waals surface area contributed by atoms with Gasteiger partial charge < -0.3 is 5.21 Å². The lowest BCUT2D eigenvalue weighted by atomic mass is 9.77. The molecule has 0 unspecified atom stereocenters. The first-order chi connectivity index (χ1) is 11.3. The lowest BCUT2D eigenvalue weighted by Gasteiger charge is -2.45. The van der Waals surface area contributed by atoms with E-state index in [1.54, 1.807) is 0 Å². The monoisotopic (exact) mass is 308 g/mol. The minimum absolute atomic E-state index is 0.228. The molecule has 0 aromatic heterocycles. The summed E-state index contributed by atoms with van der Waals surface area (Å²) in [4.78, 5) is 2.44. The smallest absolute Gasteiger partial charge is 0.0639 e. The summed E-state index contributed by atoms with van der Waals surface area (Å²) in [6.07, 6.45) is 1.74. The summed E-state index contributed by atoms with van der Waals surface area (Å²) in [5, 5.41) is 13.3. The second-order valence-corrected chi connectivity index (χ2v) is 6.26. The number of benzene rings is 2. The molecule has 120 valence electrons. The second-order valence-electron chi connectivity index (χ2n) is 6.26. The van der Waals surface area contributed by atoms with Crippen molar-refractivity contribution in [2.24, 2.45) is 11.1 Å². The predicted molar refractivity (Wildman–Crippen MR) is 93.7 cm³/mol. The SMILES string of the molecule is CC[C@H]1/C(=N/O)C[C@H](c2ccccc2)N(C)[C@@H]1c1ccccc1. The van der Waals surface area contributed by atoms with Crippen LogP contribution in [0, 0.1) is 5.92 Å².